The summed E-state index contributed by atoms with van der Waals surface area (Å²) in [5, 5.41) is 9.80. The van der Waals surface area contributed by atoms with Crippen LogP contribution in [0.4, 0.5) is 10.1 Å². The first-order chi connectivity index (χ1) is 9.11. The molecule has 0 unspecified atom stereocenters. The Kier molecular flexibility index (Phi) is 4.81. The number of piperidine rings is 1. The molecule has 1 N–H and O–H groups in total. The monoisotopic (exact) mass is 265 g/mol. The summed E-state index contributed by atoms with van der Waals surface area (Å²) >= 11 is 0. The van der Waals surface area contributed by atoms with Crippen LogP contribution >= 0.6 is 0 Å². The molecule has 2 nitrogen and oxygen atoms in total. The number of hydrogen-bond donors (Lipinski definition) is 1. The van der Waals surface area contributed by atoms with Crippen LogP contribution in [0.5, 0.6) is 0 Å². The minimum atomic E-state index is -0.626. The second kappa shape index (κ2) is 6.38. The molecule has 0 saturated carbocycles. The first kappa shape index (κ1) is 14.3. The molecule has 106 valence electrons. The third-order valence-corrected chi connectivity index (χ3v) is 4.09. The Hall–Kier alpha value is -1.09. The van der Waals surface area contributed by atoms with E-state index in [9.17, 15) is 9.50 Å². The summed E-state index contributed by atoms with van der Waals surface area (Å²) in [6.07, 6.45) is 4.33. The van der Waals surface area contributed by atoms with Crippen molar-refractivity contribution >= 4 is 5.69 Å². The van der Waals surface area contributed by atoms with Crippen LogP contribution in [0.15, 0.2) is 18.2 Å². The van der Waals surface area contributed by atoms with E-state index in [1.165, 1.54) is 37.8 Å². The van der Waals surface area contributed by atoms with Crippen molar-refractivity contribution < 1.29 is 9.50 Å². The van der Waals surface area contributed by atoms with E-state index in [4.69, 9.17) is 0 Å². The summed E-state index contributed by atoms with van der Waals surface area (Å²) in [5.41, 5.74) is 1.69. The van der Waals surface area contributed by atoms with Crippen LogP contribution in [0, 0.1) is 11.7 Å². The quantitative estimate of drug-likeness (QED) is 0.892. The van der Waals surface area contributed by atoms with Gasteiger partial charge >= 0.3 is 0 Å². The number of hydrogen-bond acceptors (Lipinski definition) is 2. The summed E-state index contributed by atoms with van der Waals surface area (Å²) in [6, 6.07) is 4.75. The lowest BCUT2D eigenvalue weighted by molar-refractivity contribution is 0.199. The highest BCUT2D eigenvalue weighted by Crippen LogP contribution is 2.31. The van der Waals surface area contributed by atoms with Gasteiger partial charge < -0.3 is 10.0 Å². The molecule has 19 heavy (non-hydrogen) atoms. The molecule has 0 aliphatic carbocycles. The Labute approximate surface area is 115 Å². The molecule has 1 aliphatic rings. The zero-order valence-corrected chi connectivity index (χ0v) is 11.9. The van der Waals surface area contributed by atoms with E-state index in [1.54, 1.807) is 13.0 Å². The number of nitrogens with zero attached hydrogens (tertiary/aromatic N) is 1. The Balaban J connectivity index is 2.11. The Morgan fingerprint density at radius 3 is 2.63 bits per heavy atom. The molecular weight excluding hydrogens is 241 g/mol. The summed E-state index contributed by atoms with van der Waals surface area (Å²) in [6.45, 7) is 5.95. The largest absolute Gasteiger partial charge is 0.389 e. The van der Waals surface area contributed by atoms with Gasteiger partial charge in [-0.2, -0.15) is 0 Å². The van der Waals surface area contributed by atoms with Gasteiger partial charge in [0.05, 0.1) is 6.10 Å². The third kappa shape index (κ3) is 3.47. The standard InChI is InChI=1S/C16H24FNO/c1-3-4-13-7-9-18(10-8-13)16-6-5-14(17)11-15(16)12(2)19/h5-6,11-13,19H,3-4,7-10H2,1-2H3/t12-/m0/s1. The van der Waals surface area contributed by atoms with E-state index in [1.807, 2.05) is 0 Å². The van der Waals surface area contributed by atoms with Gasteiger partial charge in [-0.3, -0.25) is 0 Å². The summed E-state index contributed by atoms with van der Waals surface area (Å²) in [7, 11) is 0. The molecular formula is C16H24FNO. The SMILES string of the molecule is CCCC1CCN(c2ccc(F)cc2[C@H](C)O)CC1. The van der Waals surface area contributed by atoms with Crippen molar-refractivity contribution in [3.8, 4) is 0 Å². The van der Waals surface area contributed by atoms with Crippen LogP contribution in [0.25, 0.3) is 0 Å². The van der Waals surface area contributed by atoms with Crippen LogP contribution in [-0.4, -0.2) is 18.2 Å². The molecule has 1 saturated heterocycles. The van der Waals surface area contributed by atoms with Gasteiger partial charge in [0.1, 0.15) is 5.82 Å². The van der Waals surface area contributed by atoms with E-state index in [-0.39, 0.29) is 5.82 Å². The van der Waals surface area contributed by atoms with Gasteiger partial charge in [-0.05, 0) is 43.9 Å². The van der Waals surface area contributed by atoms with Crippen molar-refractivity contribution in [3.63, 3.8) is 0 Å². The lowest BCUT2D eigenvalue weighted by atomic mass is 9.91. The first-order valence-corrected chi connectivity index (χ1v) is 7.34. The molecule has 1 aromatic carbocycles. The van der Waals surface area contributed by atoms with Crippen LogP contribution < -0.4 is 4.90 Å². The maximum atomic E-state index is 13.3. The topological polar surface area (TPSA) is 23.5 Å². The average molecular weight is 265 g/mol. The summed E-state index contributed by atoms with van der Waals surface area (Å²) in [5.74, 6) is 0.553. The minimum absolute atomic E-state index is 0.277. The first-order valence-electron chi connectivity index (χ1n) is 7.34. The van der Waals surface area contributed by atoms with Gasteiger partial charge in [0.2, 0.25) is 0 Å². The zero-order chi connectivity index (χ0) is 13.8. The Bertz CT molecular complexity index is 411. The smallest absolute Gasteiger partial charge is 0.123 e. The van der Waals surface area contributed by atoms with Gasteiger partial charge in [0.15, 0.2) is 0 Å². The second-order valence-corrected chi connectivity index (χ2v) is 5.60. The predicted molar refractivity (Wildman–Crippen MR) is 76.9 cm³/mol. The van der Waals surface area contributed by atoms with Crippen molar-refractivity contribution in [1.82, 2.24) is 0 Å². The normalized spacial score (nSPS) is 18.6. The molecule has 0 radical (unpaired) electrons. The molecule has 0 amide bonds. The summed E-state index contributed by atoms with van der Waals surface area (Å²) in [4.78, 5) is 2.29. The molecule has 0 aromatic heterocycles. The fourth-order valence-corrected chi connectivity index (χ4v) is 3.02. The second-order valence-electron chi connectivity index (χ2n) is 5.60. The summed E-state index contributed by atoms with van der Waals surface area (Å²) < 4.78 is 13.3. The molecule has 0 spiro atoms. The molecule has 1 fully saturated rings. The van der Waals surface area contributed by atoms with Crippen LogP contribution in [0.1, 0.15) is 51.2 Å². The van der Waals surface area contributed by atoms with Crippen LogP contribution in [0.2, 0.25) is 0 Å². The molecule has 3 heteroatoms. The van der Waals surface area contributed by atoms with Crippen molar-refractivity contribution in [1.29, 1.82) is 0 Å². The number of rotatable bonds is 4. The number of benzene rings is 1. The Morgan fingerprint density at radius 1 is 1.37 bits per heavy atom. The van der Waals surface area contributed by atoms with Crippen molar-refractivity contribution in [2.24, 2.45) is 5.92 Å². The highest BCUT2D eigenvalue weighted by Gasteiger charge is 2.21. The van der Waals surface area contributed by atoms with Crippen LogP contribution in [-0.2, 0) is 0 Å². The maximum Gasteiger partial charge on any atom is 0.123 e. The van der Waals surface area contributed by atoms with E-state index in [0.29, 0.717) is 5.56 Å². The predicted octanol–water partition coefficient (Wildman–Crippen LogP) is 3.90. The van der Waals surface area contributed by atoms with E-state index in [0.717, 1.165) is 24.7 Å². The average Bonchev–Trinajstić information content (AvgIpc) is 2.40. The molecule has 1 heterocycles. The highest BCUT2D eigenvalue weighted by atomic mass is 19.1. The zero-order valence-electron chi connectivity index (χ0n) is 11.9. The van der Waals surface area contributed by atoms with Gasteiger partial charge in [-0.25, -0.2) is 4.39 Å². The number of halogens is 1. The minimum Gasteiger partial charge on any atom is -0.389 e. The fraction of sp³-hybridized carbons (Fsp3) is 0.625. The van der Waals surface area contributed by atoms with Gasteiger partial charge in [0, 0.05) is 24.3 Å². The van der Waals surface area contributed by atoms with Gasteiger partial charge in [0.25, 0.3) is 0 Å². The van der Waals surface area contributed by atoms with Crippen molar-refractivity contribution in [2.75, 3.05) is 18.0 Å². The van der Waals surface area contributed by atoms with Gasteiger partial charge in [-0.15, -0.1) is 0 Å². The molecule has 2 rings (SSSR count). The molecule has 1 aliphatic heterocycles. The van der Waals surface area contributed by atoms with Crippen LogP contribution in [0.3, 0.4) is 0 Å². The molecule has 1 aromatic rings. The molecule has 0 bridgehead atoms. The Morgan fingerprint density at radius 2 is 2.05 bits per heavy atom. The fourth-order valence-electron chi connectivity index (χ4n) is 3.02. The van der Waals surface area contributed by atoms with E-state index >= 15 is 0 Å². The van der Waals surface area contributed by atoms with Crippen molar-refractivity contribution in [3.05, 3.63) is 29.6 Å². The van der Waals surface area contributed by atoms with Gasteiger partial charge in [-0.1, -0.05) is 19.8 Å². The lowest BCUT2D eigenvalue weighted by Crippen LogP contribution is -2.34. The van der Waals surface area contributed by atoms with Crippen molar-refractivity contribution in [2.45, 2.75) is 45.6 Å². The number of anilines is 1. The number of aliphatic hydroxyl groups is 1. The number of aliphatic hydroxyl groups excluding tert-OH is 1. The molecule has 1 atom stereocenters. The lowest BCUT2D eigenvalue weighted by Gasteiger charge is -2.35. The van der Waals surface area contributed by atoms with E-state index < -0.39 is 6.10 Å². The highest BCUT2D eigenvalue weighted by molar-refractivity contribution is 5.55. The maximum absolute atomic E-state index is 13.3. The third-order valence-electron chi connectivity index (χ3n) is 4.09. The van der Waals surface area contributed by atoms with E-state index in [2.05, 4.69) is 11.8 Å².